The number of hydrogen-bond acceptors (Lipinski definition) is 10. The molecule has 20 nitrogen and oxygen atoms in total. The van der Waals surface area contributed by atoms with E-state index in [1.165, 1.54) is 38.1 Å². The van der Waals surface area contributed by atoms with Crippen LogP contribution in [0.4, 0.5) is 0 Å². The molecule has 13 N–H and O–H groups in total. The molecule has 0 aliphatic carbocycles. The van der Waals surface area contributed by atoms with Crippen LogP contribution >= 0.6 is 12.4 Å². The molecule has 21 heteroatoms. The van der Waals surface area contributed by atoms with E-state index in [9.17, 15) is 53.7 Å². The Morgan fingerprint density at radius 2 is 1.20 bits per heavy atom. The lowest BCUT2D eigenvalue weighted by molar-refractivity contribution is -0.142. The molecule has 6 amide bonds. The molecule has 0 unspecified atom stereocenters. The lowest BCUT2D eigenvalue weighted by Crippen LogP contribution is -2.59. The Labute approximate surface area is 331 Å². The number of phenolic OH excluding ortho intramolecular Hbond substituents is 1. The van der Waals surface area contributed by atoms with Gasteiger partial charge in [0.15, 0.2) is 5.96 Å². The Kier molecular flexibility index (Phi) is 23.5. The molecule has 314 valence electrons. The number of aromatic hydroxyl groups is 1. The Balaban J connectivity index is 0.0000302. The fourth-order valence-electron chi connectivity index (χ4n) is 5.22. The first kappa shape index (κ1) is 50.3. The number of nitrogens with zero attached hydrogens (tertiary/aromatic N) is 1. The van der Waals surface area contributed by atoms with Crippen LogP contribution in [0.5, 0.6) is 5.75 Å². The smallest absolute Gasteiger partial charge is 0.326 e. The van der Waals surface area contributed by atoms with E-state index in [4.69, 9.17) is 11.5 Å². The van der Waals surface area contributed by atoms with Crippen molar-refractivity contribution in [1.29, 1.82) is 0 Å². The van der Waals surface area contributed by atoms with Crippen molar-refractivity contribution >= 4 is 65.7 Å². The summed E-state index contributed by atoms with van der Waals surface area (Å²) in [6, 6.07) is -0.945. The SMILES string of the molecule is CC(=O)NCCCC[C@H](NC(=O)[C@H](CCCN=C(N)N)NC(C)=O)C(=O)N[C@@H](CCC(=O)O)C(=O)N[C@H](C(=O)N[C@@H](Cc1ccc(O)cc1)C(=O)O)C(C)C.Cl. The number of guanidine groups is 1. The van der Waals surface area contributed by atoms with Gasteiger partial charge in [0.05, 0.1) is 0 Å². The summed E-state index contributed by atoms with van der Waals surface area (Å²) in [4.78, 5) is 105. The molecule has 56 heavy (non-hydrogen) atoms. The second-order valence-electron chi connectivity index (χ2n) is 13.2. The van der Waals surface area contributed by atoms with Gasteiger partial charge in [0.1, 0.15) is 36.0 Å². The highest BCUT2D eigenvalue weighted by molar-refractivity contribution is 5.96. The maximum absolute atomic E-state index is 13.7. The van der Waals surface area contributed by atoms with Crippen LogP contribution in [-0.2, 0) is 44.8 Å². The van der Waals surface area contributed by atoms with Crippen molar-refractivity contribution in [2.75, 3.05) is 13.1 Å². The summed E-state index contributed by atoms with van der Waals surface area (Å²) < 4.78 is 0. The predicted molar refractivity (Wildman–Crippen MR) is 206 cm³/mol. The van der Waals surface area contributed by atoms with Crippen molar-refractivity contribution < 1.29 is 53.7 Å². The Bertz CT molecular complexity index is 1520. The van der Waals surface area contributed by atoms with Crippen LogP contribution in [0.25, 0.3) is 0 Å². The molecule has 0 heterocycles. The summed E-state index contributed by atoms with van der Waals surface area (Å²) in [5.74, 6) is -7.63. The van der Waals surface area contributed by atoms with Crippen LogP contribution in [0.1, 0.15) is 78.2 Å². The van der Waals surface area contributed by atoms with Crippen molar-refractivity contribution in [3.63, 3.8) is 0 Å². The molecule has 0 aliphatic rings. The maximum atomic E-state index is 13.7. The van der Waals surface area contributed by atoms with Crippen LogP contribution in [0.15, 0.2) is 29.3 Å². The number of hydrogen-bond donors (Lipinski definition) is 11. The van der Waals surface area contributed by atoms with Crippen molar-refractivity contribution in [2.45, 2.75) is 109 Å². The van der Waals surface area contributed by atoms with Gasteiger partial charge in [-0.3, -0.25) is 38.6 Å². The lowest BCUT2D eigenvalue weighted by atomic mass is 10.00. The van der Waals surface area contributed by atoms with Crippen molar-refractivity contribution in [3.8, 4) is 5.75 Å². The van der Waals surface area contributed by atoms with Gasteiger partial charge in [0, 0.05) is 39.8 Å². The third kappa shape index (κ3) is 20.7. The highest BCUT2D eigenvalue weighted by Crippen LogP contribution is 2.13. The molecule has 0 radical (unpaired) electrons. The topological polar surface area (TPSA) is 334 Å². The number of unbranched alkanes of at least 4 members (excludes halogenated alkanes) is 1. The molecule has 1 rings (SSSR count). The molecule has 0 saturated carbocycles. The number of nitrogens with two attached hydrogens (primary N) is 2. The molecule has 1 aromatic carbocycles. The lowest BCUT2D eigenvalue weighted by Gasteiger charge is -2.28. The molecule has 0 spiro atoms. The predicted octanol–water partition coefficient (Wildman–Crippen LogP) is -1.23. The molecule has 5 atom stereocenters. The number of carboxylic acid groups (broad SMARTS) is 2. The standard InChI is InChI=1S/C35H55N9O11.ClH/c1-19(2)29(33(53)43-27(34(54)55)18-22-10-12-23(47)13-11-22)44-32(52)26(14-15-28(48)49)42-31(51)25(8-5-6-16-38-20(3)45)41-30(50)24(40-21(4)46)9-7-17-39-35(36)37;/h10-13,19,24-27,29,47H,5-9,14-18H2,1-4H3,(H,38,45)(H,40,46)(H,41,50)(H,42,51)(H,43,53)(H,44,52)(H,48,49)(H,54,55)(H4,36,37,39);1H/t24-,25-,26-,27-,29-;/m0./s1. The van der Waals surface area contributed by atoms with Crippen LogP contribution in [-0.4, -0.2) is 112 Å². The van der Waals surface area contributed by atoms with E-state index in [2.05, 4.69) is 36.9 Å². The average Bonchev–Trinajstić information content (AvgIpc) is 3.09. The average molecular weight is 814 g/mol. The van der Waals surface area contributed by atoms with Crippen molar-refractivity contribution in [3.05, 3.63) is 29.8 Å². The van der Waals surface area contributed by atoms with Gasteiger partial charge in [-0.1, -0.05) is 26.0 Å². The minimum atomic E-state index is -1.52. The fraction of sp³-hybridized carbons (Fsp3) is 0.571. The van der Waals surface area contributed by atoms with Crippen LogP contribution in [0, 0.1) is 5.92 Å². The Morgan fingerprint density at radius 3 is 1.70 bits per heavy atom. The monoisotopic (exact) mass is 813 g/mol. The quantitative estimate of drug-likeness (QED) is 0.0313. The zero-order valence-electron chi connectivity index (χ0n) is 32.0. The van der Waals surface area contributed by atoms with Gasteiger partial charge < -0.3 is 58.7 Å². The van der Waals surface area contributed by atoms with Gasteiger partial charge in [-0.15, -0.1) is 12.4 Å². The van der Waals surface area contributed by atoms with E-state index < -0.39 is 90.4 Å². The molecule has 0 aliphatic heterocycles. The number of amides is 6. The number of rotatable bonds is 25. The number of benzene rings is 1. The molecule has 0 fully saturated rings. The van der Waals surface area contributed by atoms with Crippen molar-refractivity contribution in [1.82, 2.24) is 31.9 Å². The molecule has 0 bridgehead atoms. The number of carboxylic acids is 2. The summed E-state index contributed by atoms with van der Waals surface area (Å²) in [6.07, 6.45) is -0.0160. The third-order valence-corrected chi connectivity index (χ3v) is 8.08. The normalized spacial score (nSPS) is 13.2. The summed E-state index contributed by atoms with van der Waals surface area (Å²) in [5, 5.41) is 43.8. The number of halogens is 1. The van der Waals surface area contributed by atoms with Gasteiger partial charge >= 0.3 is 11.9 Å². The molecule has 1 aromatic rings. The summed E-state index contributed by atoms with van der Waals surface area (Å²) >= 11 is 0. The maximum Gasteiger partial charge on any atom is 0.326 e. The zero-order chi connectivity index (χ0) is 41.7. The fourth-order valence-corrected chi connectivity index (χ4v) is 5.22. The van der Waals surface area contributed by atoms with Gasteiger partial charge in [0.25, 0.3) is 0 Å². The summed E-state index contributed by atoms with van der Waals surface area (Å²) in [6.45, 7) is 6.14. The minimum absolute atomic E-state index is 0. The number of carbonyl (C=O) groups excluding carboxylic acids is 6. The minimum Gasteiger partial charge on any atom is -0.508 e. The number of carbonyl (C=O) groups is 8. The van der Waals surface area contributed by atoms with E-state index in [-0.39, 0.29) is 68.8 Å². The first-order valence-electron chi connectivity index (χ1n) is 17.8. The van der Waals surface area contributed by atoms with Gasteiger partial charge in [-0.2, -0.15) is 0 Å². The number of nitrogens with one attached hydrogen (secondary N) is 6. The molecule has 0 aromatic heterocycles. The summed E-state index contributed by atoms with van der Waals surface area (Å²) in [7, 11) is 0. The number of aliphatic imine (C=N–C) groups is 1. The molecule has 0 saturated heterocycles. The van der Waals surface area contributed by atoms with E-state index in [1.807, 2.05) is 0 Å². The van der Waals surface area contributed by atoms with Crippen molar-refractivity contribution in [2.24, 2.45) is 22.4 Å². The first-order chi connectivity index (χ1) is 25.8. The summed E-state index contributed by atoms with van der Waals surface area (Å²) in [5.41, 5.74) is 11.2. The largest absolute Gasteiger partial charge is 0.508 e. The van der Waals surface area contributed by atoms with E-state index >= 15 is 0 Å². The van der Waals surface area contributed by atoms with Gasteiger partial charge in [-0.05, 0) is 62.1 Å². The zero-order valence-corrected chi connectivity index (χ0v) is 32.8. The highest BCUT2D eigenvalue weighted by atomic mass is 35.5. The number of aliphatic carboxylic acids is 2. The Morgan fingerprint density at radius 1 is 0.679 bits per heavy atom. The highest BCUT2D eigenvalue weighted by Gasteiger charge is 2.33. The van der Waals surface area contributed by atoms with Crippen LogP contribution < -0.4 is 43.4 Å². The van der Waals surface area contributed by atoms with Gasteiger partial charge in [0.2, 0.25) is 35.4 Å². The van der Waals surface area contributed by atoms with Crippen LogP contribution in [0.2, 0.25) is 0 Å². The second kappa shape index (κ2) is 26.2. The van der Waals surface area contributed by atoms with Crippen LogP contribution in [0.3, 0.4) is 0 Å². The third-order valence-electron chi connectivity index (χ3n) is 8.08. The first-order valence-corrected chi connectivity index (χ1v) is 17.8. The number of phenols is 1. The van der Waals surface area contributed by atoms with E-state index in [0.717, 1.165) is 0 Å². The Hall–Kier alpha value is -5.66. The molecular weight excluding hydrogens is 758 g/mol. The second-order valence-corrected chi connectivity index (χ2v) is 13.2. The van der Waals surface area contributed by atoms with Gasteiger partial charge in [-0.25, -0.2) is 4.79 Å². The van der Waals surface area contributed by atoms with E-state index in [0.29, 0.717) is 18.4 Å². The molecular formula is C35H56ClN9O11. The van der Waals surface area contributed by atoms with E-state index in [1.54, 1.807) is 13.8 Å².